The smallest absolute Gasteiger partial charge is 0.160 e. The minimum atomic E-state index is 0.158. The van der Waals surface area contributed by atoms with Crippen LogP contribution in [0.2, 0.25) is 5.02 Å². The van der Waals surface area contributed by atoms with E-state index in [1.54, 1.807) is 6.20 Å². The number of aromatic nitrogens is 3. The number of benzene rings is 1. The summed E-state index contributed by atoms with van der Waals surface area (Å²) in [5.41, 5.74) is 2.93. The van der Waals surface area contributed by atoms with Crippen molar-refractivity contribution in [1.29, 1.82) is 0 Å². The standard InChI is InChI=1S/C17H18ClN3O/c18-14-11-15-17(19-12-14)21(9-4-10-22)16(20-15)8-7-13-5-2-1-3-6-13/h1-3,5-6,11-12,22H,4,7-10H2. The van der Waals surface area contributed by atoms with E-state index >= 15 is 0 Å². The van der Waals surface area contributed by atoms with Crippen LogP contribution in [-0.2, 0) is 19.4 Å². The molecule has 0 aliphatic rings. The van der Waals surface area contributed by atoms with Gasteiger partial charge in [0.1, 0.15) is 11.3 Å². The lowest BCUT2D eigenvalue weighted by atomic mass is 10.1. The van der Waals surface area contributed by atoms with Crippen molar-refractivity contribution in [3.63, 3.8) is 0 Å². The number of aliphatic hydroxyl groups is 1. The third-order valence-electron chi connectivity index (χ3n) is 3.65. The minimum Gasteiger partial charge on any atom is -0.396 e. The Morgan fingerprint density at radius 1 is 1.14 bits per heavy atom. The van der Waals surface area contributed by atoms with Crippen LogP contribution in [-0.4, -0.2) is 26.2 Å². The van der Waals surface area contributed by atoms with Gasteiger partial charge in [-0.15, -0.1) is 0 Å². The van der Waals surface area contributed by atoms with Crippen molar-refractivity contribution in [3.8, 4) is 0 Å². The molecule has 114 valence electrons. The van der Waals surface area contributed by atoms with Gasteiger partial charge in [-0.2, -0.15) is 0 Å². The summed E-state index contributed by atoms with van der Waals surface area (Å²) in [4.78, 5) is 9.07. The van der Waals surface area contributed by atoms with E-state index in [2.05, 4.69) is 26.7 Å². The van der Waals surface area contributed by atoms with E-state index in [-0.39, 0.29) is 6.61 Å². The van der Waals surface area contributed by atoms with Gasteiger partial charge in [0.2, 0.25) is 0 Å². The van der Waals surface area contributed by atoms with E-state index in [1.807, 2.05) is 24.3 Å². The molecule has 0 aliphatic heterocycles. The molecule has 0 saturated heterocycles. The zero-order chi connectivity index (χ0) is 15.4. The van der Waals surface area contributed by atoms with E-state index in [0.29, 0.717) is 18.0 Å². The number of aryl methyl sites for hydroxylation is 3. The van der Waals surface area contributed by atoms with Crippen LogP contribution in [0.25, 0.3) is 11.2 Å². The summed E-state index contributed by atoms with van der Waals surface area (Å²) in [5, 5.41) is 9.70. The topological polar surface area (TPSA) is 50.9 Å². The lowest BCUT2D eigenvalue weighted by molar-refractivity contribution is 0.279. The second kappa shape index (κ2) is 6.90. The molecule has 3 aromatic rings. The van der Waals surface area contributed by atoms with E-state index in [4.69, 9.17) is 16.7 Å². The molecule has 2 aromatic heterocycles. The lowest BCUT2D eigenvalue weighted by Crippen LogP contribution is -2.07. The highest BCUT2D eigenvalue weighted by Crippen LogP contribution is 2.19. The molecular weight excluding hydrogens is 298 g/mol. The Hall–Kier alpha value is -1.91. The average molecular weight is 316 g/mol. The van der Waals surface area contributed by atoms with Crippen molar-refractivity contribution in [2.24, 2.45) is 0 Å². The predicted molar refractivity (Wildman–Crippen MR) is 88.1 cm³/mol. The quantitative estimate of drug-likeness (QED) is 0.759. The first-order valence-corrected chi connectivity index (χ1v) is 7.81. The van der Waals surface area contributed by atoms with Crippen LogP contribution < -0.4 is 0 Å². The number of halogens is 1. The molecule has 5 heteroatoms. The SMILES string of the molecule is OCCCn1c(CCc2ccccc2)nc2cc(Cl)cnc21. The maximum Gasteiger partial charge on any atom is 0.160 e. The highest BCUT2D eigenvalue weighted by atomic mass is 35.5. The Bertz CT molecular complexity index is 755. The second-order valence-corrected chi connectivity index (χ2v) is 5.68. The summed E-state index contributed by atoms with van der Waals surface area (Å²) >= 11 is 6.01. The van der Waals surface area contributed by atoms with Crippen molar-refractivity contribution in [3.05, 3.63) is 59.0 Å². The van der Waals surface area contributed by atoms with Gasteiger partial charge in [-0.25, -0.2) is 9.97 Å². The third-order valence-corrected chi connectivity index (χ3v) is 3.86. The first-order chi connectivity index (χ1) is 10.8. The first kappa shape index (κ1) is 15.0. The molecule has 0 fully saturated rings. The largest absolute Gasteiger partial charge is 0.396 e. The van der Waals surface area contributed by atoms with Crippen molar-refractivity contribution in [2.45, 2.75) is 25.8 Å². The Balaban J connectivity index is 1.89. The average Bonchev–Trinajstić information content (AvgIpc) is 2.88. The number of fused-ring (bicyclic) bond motifs is 1. The molecule has 1 aromatic carbocycles. The maximum atomic E-state index is 9.10. The van der Waals surface area contributed by atoms with Gasteiger partial charge in [0, 0.05) is 25.8 Å². The molecule has 0 saturated carbocycles. The van der Waals surface area contributed by atoms with Gasteiger partial charge in [-0.1, -0.05) is 41.9 Å². The van der Waals surface area contributed by atoms with Crippen molar-refractivity contribution in [1.82, 2.24) is 14.5 Å². The normalized spacial score (nSPS) is 11.2. The fourth-order valence-electron chi connectivity index (χ4n) is 2.59. The van der Waals surface area contributed by atoms with Crippen molar-refractivity contribution in [2.75, 3.05) is 6.61 Å². The Morgan fingerprint density at radius 2 is 1.95 bits per heavy atom. The van der Waals surface area contributed by atoms with Crippen molar-refractivity contribution < 1.29 is 5.11 Å². The van der Waals surface area contributed by atoms with Gasteiger partial charge < -0.3 is 9.67 Å². The fourth-order valence-corrected chi connectivity index (χ4v) is 2.74. The number of rotatable bonds is 6. The molecule has 22 heavy (non-hydrogen) atoms. The molecule has 0 radical (unpaired) electrons. The summed E-state index contributed by atoms with van der Waals surface area (Å²) in [5.74, 6) is 0.988. The molecule has 0 unspecified atom stereocenters. The zero-order valence-electron chi connectivity index (χ0n) is 12.2. The number of aliphatic hydroxyl groups excluding tert-OH is 1. The fraction of sp³-hybridized carbons (Fsp3) is 0.294. The highest BCUT2D eigenvalue weighted by molar-refractivity contribution is 6.31. The summed E-state index contributed by atoms with van der Waals surface area (Å²) in [7, 11) is 0. The van der Waals surface area contributed by atoms with Gasteiger partial charge in [0.05, 0.1) is 5.02 Å². The molecule has 0 spiro atoms. The molecule has 4 nitrogen and oxygen atoms in total. The number of hydrogen-bond donors (Lipinski definition) is 1. The van der Waals surface area contributed by atoms with Crippen LogP contribution in [0, 0.1) is 0 Å². The molecule has 0 bridgehead atoms. The van der Waals surface area contributed by atoms with Crippen LogP contribution in [0.4, 0.5) is 0 Å². The maximum absolute atomic E-state index is 9.10. The van der Waals surface area contributed by atoms with Gasteiger partial charge in [0.15, 0.2) is 5.65 Å². The van der Waals surface area contributed by atoms with Gasteiger partial charge >= 0.3 is 0 Å². The lowest BCUT2D eigenvalue weighted by Gasteiger charge is -2.07. The second-order valence-electron chi connectivity index (χ2n) is 5.24. The predicted octanol–water partition coefficient (Wildman–Crippen LogP) is 3.25. The Morgan fingerprint density at radius 3 is 2.73 bits per heavy atom. The van der Waals surface area contributed by atoms with Crippen LogP contribution in [0.5, 0.6) is 0 Å². The third kappa shape index (κ3) is 3.29. The molecule has 3 rings (SSSR count). The monoisotopic (exact) mass is 315 g/mol. The number of pyridine rings is 1. The molecule has 0 atom stereocenters. The summed E-state index contributed by atoms with van der Waals surface area (Å²) in [6, 6.07) is 12.2. The van der Waals surface area contributed by atoms with E-state index in [0.717, 1.165) is 29.8 Å². The minimum absolute atomic E-state index is 0.158. The molecule has 0 aliphatic carbocycles. The van der Waals surface area contributed by atoms with Gasteiger partial charge in [-0.05, 0) is 24.5 Å². The molecule has 2 heterocycles. The highest BCUT2D eigenvalue weighted by Gasteiger charge is 2.12. The first-order valence-electron chi connectivity index (χ1n) is 7.43. The van der Waals surface area contributed by atoms with Crippen LogP contribution in [0.1, 0.15) is 17.8 Å². The van der Waals surface area contributed by atoms with E-state index in [9.17, 15) is 0 Å². The Labute approximate surface area is 134 Å². The number of hydrogen-bond acceptors (Lipinski definition) is 3. The molecular formula is C17H18ClN3O. The number of nitrogens with zero attached hydrogens (tertiary/aromatic N) is 3. The van der Waals surface area contributed by atoms with Crippen LogP contribution in [0.3, 0.4) is 0 Å². The molecule has 1 N–H and O–H groups in total. The molecule has 0 amide bonds. The summed E-state index contributed by atoms with van der Waals surface area (Å²) < 4.78 is 2.09. The zero-order valence-corrected chi connectivity index (χ0v) is 13.0. The Kier molecular flexibility index (Phi) is 4.71. The van der Waals surface area contributed by atoms with Gasteiger partial charge in [0.25, 0.3) is 0 Å². The summed E-state index contributed by atoms with van der Waals surface area (Å²) in [6.07, 6.45) is 4.09. The van der Waals surface area contributed by atoms with Crippen molar-refractivity contribution >= 4 is 22.8 Å². The van der Waals surface area contributed by atoms with E-state index in [1.165, 1.54) is 5.56 Å². The van der Waals surface area contributed by atoms with Crippen LogP contribution in [0.15, 0.2) is 42.6 Å². The number of imidazole rings is 1. The van der Waals surface area contributed by atoms with Crippen LogP contribution >= 0.6 is 11.6 Å². The van der Waals surface area contributed by atoms with Gasteiger partial charge in [-0.3, -0.25) is 0 Å². The summed E-state index contributed by atoms with van der Waals surface area (Å²) in [6.45, 7) is 0.872. The van der Waals surface area contributed by atoms with E-state index < -0.39 is 0 Å².